The molecule has 1 aliphatic rings. The summed E-state index contributed by atoms with van der Waals surface area (Å²) in [6.07, 6.45) is 4.97. The van der Waals surface area contributed by atoms with E-state index >= 15 is 0 Å². The second-order valence-corrected chi connectivity index (χ2v) is 4.59. The summed E-state index contributed by atoms with van der Waals surface area (Å²) >= 11 is 0. The molecule has 1 saturated carbocycles. The Morgan fingerprint density at radius 3 is 2.39 bits per heavy atom. The van der Waals surface area contributed by atoms with E-state index in [1.165, 1.54) is 26.7 Å². The molecule has 1 fully saturated rings. The highest BCUT2D eigenvalue weighted by atomic mass is 16.5. The van der Waals surface area contributed by atoms with Crippen molar-refractivity contribution in [2.24, 2.45) is 0 Å². The summed E-state index contributed by atoms with van der Waals surface area (Å²) in [6.45, 7) is 3.83. The number of carboxylic acids is 1. The van der Waals surface area contributed by atoms with Crippen LogP contribution in [0.3, 0.4) is 0 Å². The lowest BCUT2D eigenvalue weighted by Crippen LogP contribution is -2.29. The highest BCUT2D eigenvalue weighted by Crippen LogP contribution is 2.20. The molecule has 0 spiro atoms. The third kappa shape index (κ3) is 4.49. The first-order chi connectivity index (χ1) is 8.52. The lowest BCUT2D eigenvalue weighted by Gasteiger charge is -2.11. The topological polar surface area (TPSA) is 75.6 Å². The van der Waals surface area contributed by atoms with Gasteiger partial charge < -0.3 is 15.2 Å². The number of amides is 1. The Balaban J connectivity index is 2.24. The molecule has 0 saturated heterocycles. The first kappa shape index (κ1) is 14.7. The van der Waals surface area contributed by atoms with Gasteiger partial charge in [-0.25, -0.2) is 4.79 Å². The third-order valence-electron chi connectivity index (χ3n) is 3.27. The molecular formula is C13H21NO4. The van der Waals surface area contributed by atoms with E-state index in [2.05, 4.69) is 5.32 Å². The van der Waals surface area contributed by atoms with Gasteiger partial charge in [0.1, 0.15) is 0 Å². The summed E-state index contributed by atoms with van der Waals surface area (Å²) in [4.78, 5) is 22.3. The maximum absolute atomic E-state index is 11.6. The Labute approximate surface area is 107 Å². The van der Waals surface area contributed by atoms with Crippen LogP contribution in [0, 0.1) is 0 Å². The molecule has 0 unspecified atom stereocenters. The average molecular weight is 255 g/mol. The molecule has 0 aromatic carbocycles. The van der Waals surface area contributed by atoms with Gasteiger partial charge in [-0.1, -0.05) is 12.8 Å². The number of carbonyl (C=O) groups excluding carboxylic acids is 1. The number of carboxylic acid groups (broad SMARTS) is 1. The third-order valence-corrected chi connectivity index (χ3v) is 3.27. The van der Waals surface area contributed by atoms with Crippen LogP contribution in [0.25, 0.3) is 0 Å². The van der Waals surface area contributed by atoms with Crippen LogP contribution in [0.1, 0.15) is 39.5 Å². The minimum absolute atomic E-state index is 0.0733. The zero-order valence-electron chi connectivity index (χ0n) is 11.0. The Morgan fingerprint density at radius 2 is 1.83 bits per heavy atom. The number of hydrogen-bond donors (Lipinski definition) is 2. The second-order valence-electron chi connectivity index (χ2n) is 4.59. The van der Waals surface area contributed by atoms with Crippen LogP contribution in [0.2, 0.25) is 0 Å². The van der Waals surface area contributed by atoms with Crippen molar-refractivity contribution < 1.29 is 19.4 Å². The summed E-state index contributed by atoms with van der Waals surface area (Å²) in [7, 11) is 0. The van der Waals surface area contributed by atoms with Crippen molar-refractivity contribution in [3.8, 4) is 0 Å². The molecule has 0 heterocycles. The van der Waals surface area contributed by atoms with Gasteiger partial charge >= 0.3 is 5.97 Å². The normalized spacial score (nSPS) is 17.4. The Hall–Kier alpha value is -1.36. The van der Waals surface area contributed by atoms with E-state index in [1.54, 1.807) is 0 Å². The number of ether oxygens (including phenoxy) is 1. The fourth-order valence-electron chi connectivity index (χ4n) is 1.91. The molecule has 102 valence electrons. The smallest absolute Gasteiger partial charge is 0.331 e. The average Bonchev–Trinajstić information content (AvgIpc) is 2.85. The molecular weight excluding hydrogens is 234 g/mol. The molecule has 0 radical (unpaired) electrons. The van der Waals surface area contributed by atoms with E-state index in [4.69, 9.17) is 9.84 Å². The van der Waals surface area contributed by atoms with Gasteiger partial charge in [-0.2, -0.15) is 0 Å². The van der Waals surface area contributed by atoms with Gasteiger partial charge in [0.15, 0.2) is 0 Å². The van der Waals surface area contributed by atoms with Crippen molar-refractivity contribution in [2.45, 2.75) is 45.6 Å². The van der Waals surface area contributed by atoms with Crippen molar-refractivity contribution in [2.75, 3.05) is 13.2 Å². The predicted octanol–water partition coefficient (Wildman–Crippen LogP) is 1.48. The molecule has 5 nitrogen and oxygen atoms in total. The van der Waals surface area contributed by atoms with E-state index in [0.717, 1.165) is 12.8 Å². The van der Waals surface area contributed by atoms with Gasteiger partial charge in [0.05, 0.1) is 12.7 Å². The van der Waals surface area contributed by atoms with Crippen LogP contribution < -0.4 is 5.32 Å². The summed E-state index contributed by atoms with van der Waals surface area (Å²) in [5.41, 5.74) is 0.313. The molecule has 0 aliphatic heterocycles. The number of nitrogens with one attached hydrogen (secondary N) is 1. The van der Waals surface area contributed by atoms with Gasteiger partial charge in [0.25, 0.3) is 0 Å². The van der Waals surface area contributed by atoms with Crippen LogP contribution in [0.4, 0.5) is 0 Å². The lowest BCUT2D eigenvalue weighted by molar-refractivity contribution is -0.133. The van der Waals surface area contributed by atoms with Crippen LogP contribution in [-0.2, 0) is 14.3 Å². The Kier molecular flexibility index (Phi) is 5.85. The van der Waals surface area contributed by atoms with Crippen molar-refractivity contribution >= 4 is 11.9 Å². The fraction of sp³-hybridized carbons (Fsp3) is 0.692. The van der Waals surface area contributed by atoms with Crippen molar-refractivity contribution in [3.63, 3.8) is 0 Å². The molecule has 18 heavy (non-hydrogen) atoms. The summed E-state index contributed by atoms with van der Waals surface area (Å²) in [5, 5.41) is 11.4. The summed E-state index contributed by atoms with van der Waals surface area (Å²) in [6, 6.07) is 0. The molecule has 1 aliphatic carbocycles. The van der Waals surface area contributed by atoms with Gasteiger partial charge in [-0.05, 0) is 26.7 Å². The van der Waals surface area contributed by atoms with Gasteiger partial charge in [0, 0.05) is 17.7 Å². The van der Waals surface area contributed by atoms with Crippen LogP contribution in [0.15, 0.2) is 11.1 Å². The maximum Gasteiger partial charge on any atom is 0.331 e. The summed E-state index contributed by atoms with van der Waals surface area (Å²) in [5.74, 6) is -1.41. The molecule has 0 bridgehead atoms. The zero-order chi connectivity index (χ0) is 13.5. The summed E-state index contributed by atoms with van der Waals surface area (Å²) < 4.78 is 5.59. The highest BCUT2D eigenvalue weighted by Gasteiger charge is 2.15. The molecule has 0 aromatic heterocycles. The molecule has 1 amide bonds. The zero-order valence-corrected chi connectivity index (χ0v) is 11.0. The standard InChI is InChI=1S/C13H21NO4/c1-9(10(2)13(16)17)12(15)14-7-8-18-11-5-3-4-6-11/h11H,3-8H2,1-2H3,(H,14,15)(H,16,17). The van der Waals surface area contributed by atoms with Crippen molar-refractivity contribution in [1.29, 1.82) is 0 Å². The van der Waals surface area contributed by atoms with Gasteiger partial charge in [-0.3, -0.25) is 4.79 Å². The first-order valence-electron chi connectivity index (χ1n) is 6.33. The highest BCUT2D eigenvalue weighted by molar-refractivity contribution is 6.01. The Morgan fingerprint density at radius 1 is 1.22 bits per heavy atom. The monoisotopic (exact) mass is 255 g/mol. The van der Waals surface area contributed by atoms with Crippen molar-refractivity contribution in [1.82, 2.24) is 5.32 Å². The first-order valence-corrected chi connectivity index (χ1v) is 6.33. The van der Waals surface area contributed by atoms with Crippen LogP contribution >= 0.6 is 0 Å². The van der Waals surface area contributed by atoms with Crippen molar-refractivity contribution in [3.05, 3.63) is 11.1 Å². The van der Waals surface area contributed by atoms with Gasteiger partial charge in [-0.15, -0.1) is 0 Å². The van der Waals surface area contributed by atoms with E-state index in [-0.39, 0.29) is 17.1 Å². The number of aliphatic carboxylic acids is 1. The minimum Gasteiger partial charge on any atom is -0.478 e. The molecule has 0 atom stereocenters. The van der Waals surface area contributed by atoms with E-state index in [0.29, 0.717) is 19.3 Å². The Bertz CT molecular complexity index is 343. The number of hydrogen-bond acceptors (Lipinski definition) is 3. The SMILES string of the molecule is CC(C(=O)O)=C(C)C(=O)NCCOC1CCCC1. The molecule has 0 aromatic rings. The molecule has 1 rings (SSSR count). The van der Waals surface area contributed by atoms with Crippen LogP contribution in [0.5, 0.6) is 0 Å². The fourth-order valence-corrected chi connectivity index (χ4v) is 1.91. The second kappa shape index (κ2) is 7.16. The largest absolute Gasteiger partial charge is 0.478 e. The minimum atomic E-state index is -1.06. The predicted molar refractivity (Wildman–Crippen MR) is 67.2 cm³/mol. The van der Waals surface area contributed by atoms with Crippen LogP contribution in [-0.4, -0.2) is 36.2 Å². The quantitative estimate of drug-likeness (QED) is 0.557. The van der Waals surface area contributed by atoms with E-state index in [9.17, 15) is 9.59 Å². The van der Waals surface area contributed by atoms with E-state index in [1.807, 2.05) is 0 Å². The van der Waals surface area contributed by atoms with E-state index < -0.39 is 5.97 Å². The molecule has 5 heteroatoms. The number of carbonyl (C=O) groups is 2. The maximum atomic E-state index is 11.6. The number of rotatable bonds is 6. The van der Waals surface area contributed by atoms with Gasteiger partial charge in [0.2, 0.25) is 5.91 Å². The lowest BCUT2D eigenvalue weighted by atomic mass is 10.1. The molecule has 2 N–H and O–H groups in total.